The van der Waals surface area contributed by atoms with Crippen molar-refractivity contribution in [2.75, 3.05) is 17.2 Å². The van der Waals surface area contributed by atoms with Gasteiger partial charge in [-0.2, -0.15) is 0 Å². The highest BCUT2D eigenvalue weighted by Gasteiger charge is 2.27. The third kappa shape index (κ3) is 5.88. The number of unbranched alkanes of at least 4 members (excludes halogenated alkanes) is 2. The minimum atomic E-state index is -0.0558. The van der Waals surface area contributed by atoms with Crippen LogP contribution in [0.1, 0.15) is 45.1 Å². The normalized spacial score (nSPS) is 15.2. The molecule has 0 spiro atoms. The van der Waals surface area contributed by atoms with Crippen LogP contribution >= 0.6 is 11.8 Å². The monoisotopic (exact) mass is 361 g/mol. The lowest BCUT2D eigenvalue weighted by Crippen LogP contribution is -2.35. The predicted molar refractivity (Wildman–Crippen MR) is 105 cm³/mol. The average Bonchev–Trinajstić information content (AvgIpc) is 2.95. The van der Waals surface area contributed by atoms with E-state index >= 15 is 0 Å². The van der Waals surface area contributed by atoms with Gasteiger partial charge in [-0.15, -0.1) is 0 Å². The van der Waals surface area contributed by atoms with Gasteiger partial charge in [0, 0.05) is 6.04 Å². The van der Waals surface area contributed by atoms with Crippen molar-refractivity contribution in [1.29, 1.82) is 0 Å². The molecule has 1 N–H and O–H groups in total. The minimum absolute atomic E-state index is 0.0140. The SMILES string of the molecule is CCCCC[C@@H](C)NC(=O)CSC1=NCC(=O)N1c1ccc(C)cc1. The molecule has 5 nitrogen and oxygen atoms in total. The van der Waals surface area contributed by atoms with Crippen LogP contribution in [-0.2, 0) is 9.59 Å². The Morgan fingerprint density at radius 2 is 2.04 bits per heavy atom. The number of benzene rings is 1. The van der Waals surface area contributed by atoms with Gasteiger partial charge in [0.1, 0.15) is 6.54 Å². The number of thioether (sulfide) groups is 1. The molecule has 1 heterocycles. The van der Waals surface area contributed by atoms with E-state index in [-0.39, 0.29) is 30.2 Å². The first-order valence-electron chi connectivity index (χ1n) is 8.87. The van der Waals surface area contributed by atoms with E-state index in [1.54, 1.807) is 4.90 Å². The molecular formula is C19H27N3O2S. The molecule has 2 amide bonds. The topological polar surface area (TPSA) is 61.8 Å². The Bertz CT molecular complexity index is 628. The molecule has 0 saturated carbocycles. The van der Waals surface area contributed by atoms with E-state index in [0.29, 0.717) is 5.17 Å². The fourth-order valence-corrected chi connectivity index (χ4v) is 3.50. The fourth-order valence-electron chi connectivity index (χ4n) is 2.66. The van der Waals surface area contributed by atoms with Crippen LogP contribution in [0.3, 0.4) is 0 Å². The molecule has 136 valence electrons. The zero-order chi connectivity index (χ0) is 18.2. The van der Waals surface area contributed by atoms with Gasteiger partial charge in [-0.3, -0.25) is 19.5 Å². The molecule has 1 aromatic rings. The maximum atomic E-state index is 12.1. The molecule has 0 radical (unpaired) electrons. The molecule has 0 bridgehead atoms. The Balaban J connectivity index is 1.85. The number of amidine groups is 1. The number of aliphatic imine (C=N–C) groups is 1. The lowest BCUT2D eigenvalue weighted by atomic mass is 10.1. The summed E-state index contributed by atoms with van der Waals surface area (Å²) in [4.78, 5) is 30.1. The van der Waals surface area contributed by atoms with Gasteiger partial charge in [0.15, 0.2) is 5.17 Å². The van der Waals surface area contributed by atoms with E-state index in [2.05, 4.69) is 17.2 Å². The second kappa shape index (κ2) is 9.61. The first kappa shape index (κ1) is 19.5. The predicted octanol–water partition coefficient (Wildman–Crippen LogP) is 3.52. The van der Waals surface area contributed by atoms with Gasteiger partial charge in [-0.1, -0.05) is 55.6 Å². The molecule has 2 rings (SSSR count). The van der Waals surface area contributed by atoms with Gasteiger partial charge in [0.05, 0.1) is 11.4 Å². The van der Waals surface area contributed by atoms with Crippen LogP contribution in [0.15, 0.2) is 29.3 Å². The number of carbonyl (C=O) groups is 2. The van der Waals surface area contributed by atoms with E-state index in [9.17, 15) is 9.59 Å². The van der Waals surface area contributed by atoms with Gasteiger partial charge in [-0.05, 0) is 32.4 Å². The van der Waals surface area contributed by atoms with Crippen molar-refractivity contribution in [3.63, 3.8) is 0 Å². The van der Waals surface area contributed by atoms with Crippen LogP contribution in [0.4, 0.5) is 5.69 Å². The second-order valence-corrected chi connectivity index (χ2v) is 7.36. The van der Waals surface area contributed by atoms with Crippen LogP contribution in [0.25, 0.3) is 0 Å². The highest BCUT2D eigenvalue weighted by molar-refractivity contribution is 8.14. The summed E-state index contributed by atoms with van der Waals surface area (Å²) in [6, 6.07) is 7.93. The largest absolute Gasteiger partial charge is 0.353 e. The summed E-state index contributed by atoms with van der Waals surface area (Å²) in [6.45, 7) is 6.35. The summed E-state index contributed by atoms with van der Waals surface area (Å²) in [7, 11) is 0. The third-order valence-electron chi connectivity index (χ3n) is 4.06. The number of amides is 2. The number of rotatable bonds is 8. The molecule has 1 aliphatic rings. The van der Waals surface area contributed by atoms with Gasteiger partial charge < -0.3 is 5.32 Å². The van der Waals surface area contributed by atoms with Crippen molar-refractivity contribution in [3.05, 3.63) is 29.8 Å². The summed E-state index contributed by atoms with van der Waals surface area (Å²) >= 11 is 1.32. The molecule has 1 aliphatic heterocycles. The number of hydrogen-bond donors (Lipinski definition) is 1. The maximum absolute atomic E-state index is 12.1. The fraction of sp³-hybridized carbons (Fsp3) is 0.526. The molecule has 0 aliphatic carbocycles. The van der Waals surface area contributed by atoms with Crippen LogP contribution < -0.4 is 10.2 Å². The Labute approximate surface area is 154 Å². The highest BCUT2D eigenvalue weighted by Crippen LogP contribution is 2.24. The summed E-state index contributed by atoms with van der Waals surface area (Å²) in [5, 5.41) is 3.62. The first-order valence-corrected chi connectivity index (χ1v) is 9.86. The number of nitrogens with zero attached hydrogens (tertiary/aromatic N) is 2. The Morgan fingerprint density at radius 1 is 1.32 bits per heavy atom. The molecule has 25 heavy (non-hydrogen) atoms. The van der Waals surface area contributed by atoms with E-state index in [4.69, 9.17) is 0 Å². The lowest BCUT2D eigenvalue weighted by Gasteiger charge is -2.18. The van der Waals surface area contributed by atoms with Crippen molar-refractivity contribution in [2.45, 2.75) is 52.5 Å². The van der Waals surface area contributed by atoms with Crippen molar-refractivity contribution in [2.24, 2.45) is 4.99 Å². The summed E-state index contributed by atoms with van der Waals surface area (Å²) in [6.07, 6.45) is 4.51. The minimum Gasteiger partial charge on any atom is -0.353 e. The number of anilines is 1. The van der Waals surface area contributed by atoms with E-state index < -0.39 is 0 Å². The zero-order valence-corrected chi connectivity index (χ0v) is 16.1. The molecule has 0 unspecified atom stereocenters. The van der Waals surface area contributed by atoms with Crippen molar-refractivity contribution < 1.29 is 9.59 Å². The summed E-state index contributed by atoms with van der Waals surface area (Å²) in [5.41, 5.74) is 1.94. The van der Waals surface area contributed by atoms with Crippen LogP contribution in [0.2, 0.25) is 0 Å². The number of nitrogens with one attached hydrogen (secondary N) is 1. The highest BCUT2D eigenvalue weighted by atomic mass is 32.2. The van der Waals surface area contributed by atoms with Crippen LogP contribution in [-0.4, -0.2) is 35.3 Å². The maximum Gasteiger partial charge on any atom is 0.254 e. The number of aryl methyl sites for hydroxylation is 1. The molecule has 0 saturated heterocycles. The molecule has 0 fully saturated rings. The first-order chi connectivity index (χ1) is 12.0. The molecule has 1 aromatic carbocycles. The van der Waals surface area contributed by atoms with Gasteiger partial charge in [-0.25, -0.2) is 0 Å². The second-order valence-electron chi connectivity index (χ2n) is 6.42. The van der Waals surface area contributed by atoms with Crippen molar-refractivity contribution in [3.8, 4) is 0 Å². The molecule has 6 heteroatoms. The van der Waals surface area contributed by atoms with E-state index in [1.165, 1.54) is 24.6 Å². The Morgan fingerprint density at radius 3 is 2.72 bits per heavy atom. The third-order valence-corrected chi connectivity index (χ3v) is 5.04. The molecular weight excluding hydrogens is 334 g/mol. The Kier molecular flexibility index (Phi) is 7.50. The Hall–Kier alpha value is -1.82. The number of hydrogen-bond acceptors (Lipinski definition) is 4. The van der Waals surface area contributed by atoms with Gasteiger partial charge in [0.2, 0.25) is 5.91 Å². The van der Waals surface area contributed by atoms with Crippen molar-refractivity contribution >= 4 is 34.4 Å². The van der Waals surface area contributed by atoms with Gasteiger partial charge in [0.25, 0.3) is 5.91 Å². The van der Waals surface area contributed by atoms with Gasteiger partial charge >= 0.3 is 0 Å². The summed E-state index contributed by atoms with van der Waals surface area (Å²) in [5.74, 6) is 0.201. The quantitative estimate of drug-likeness (QED) is 0.721. The van der Waals surface area contributed by atoms with E-state index in [1.807, 2.05) is 38.1 Å². The standard InChI is InChI=1S/C19H27N3O2S/c1-4-5-6-7-15(3)21-17(23)13-25-19-20-12-18(24)22(19)16-10-8-14(2)9-11-16/h8-11,15H,4-7,12-13H2,1-3H3,(H,21,23)/t15-/m1/s1. The average molecular weight is 362 g/mol. The van der Waals surface area contributed by atoms with Crippen molar-refractivity contribution in [1.82, 2.24) is 5.32 Å². The summed E-state index contributed by atoms with van der Waals surface area (Å²) < 4.78 is 0. The van der Waals surface area contributed by atoms with E-state index in [0.717, 1.165) is 24.1 Å². The van der Waals surface area contributed by atoms with Crippen LogP contribution in [0, 0.1) is 6.92 Å². The number of carbonyl (C=O) groups excluding carboxylic acids is 2. The smallest absolute Gasteiger partial charge is 0.254 e. The molecule has 0 aromatic heterocycles. The van der Waals surface area contributed by atoms with Crippen LogP contribution in [0.5, 0.6) is 0 Å². The lowest BCUT2D eigenvalue weighted by molar-refractivity contribution is -0.119. The molecule has 1 atom stereocenters. The zero-order valence-electron chi connectivity index (χ0n) is 15.2.